The first-order chi connectivity index (χ1) is 13.1. The Morgan fingerprint density at radius 2 is 1.96 bits per heavy atom. The van der Waals surface area contributed by atoms with E-state index in [4.69, 9.17) is 9.15 Å². The Morgan fingerprint density at radius 3 is 2.67 bits per heavy atom. The number of nitrogens with one attached hydrogen (secondary N) is 1. The van der Waals surface area contributed by atoms with E-state index >= 15 is 0 Å². The molecule has 2 aromatic rings. The molecule has 1 atom stereocenters. The Hall–Kier alpha value is -2.60. The number of carbonyl (C=O) groups excluding carboxylic acids is 2. The van der Waals surface area contributed by atoms with Gasteiger partial charge in [-0.1, -0.05) is 30.3 Å². The molecule has 1 N–H and O–H groups in total. The van der Waals surface area contributed by atoms with Gasteiger partial charge in [-0.25, -0.2) is 0 Å². The van der Waals surface area contributed by atoms with Crippen molar-refractivity contribution >= 4 is 11.8 Å². The molecule has 2 saturated heterocycles. The highest BCUT2D eigenvalue weighted by Crippen LogP contribution is 2.39. The van der Waals surface area contributed by atoms with Crippen LogP contribution in [0.3, 0.4) is 0 Å². The number of nitrogens with zero attached hydrogens (tertiary/aromatic N) is 1. The minimum Gasteiger partial charge on any atom is -0.453 e. The van der Waals surface area contributed by atoms with Crippen molar-refractivity contribution in [1.29, 1.82) is 0 Å². The molecule has 2 aliphatic heterocycles. The van der Waals surface area contributed by atoms with Gasteiger partial charge in [0.05, 0.1) is 5.92 Å². The van der Waals surface area contributed by atoms with Gasteiger partial charge in [0.25, 0.3) is 5.91 Å². The van der Waals surface area contributed by atoms with E-state index in [0.29, 0.717) is 31.2 Å². The molecule has 0 saturated carbocycles. The van der Waals surface area contributed by atoms with Gasteiger partial charge in [-0.3, -0.25) is 9.59 Å². The molecule has 0 aliphatic carbocycles. The maximum Gasteiger partial charge on any atom is 0.289 e. The van der Waals surface area contributed by atoms with E-state index in [1.807, 2.05) is 35.2 Å². The number of piperidine rings is 1. The molecular weight excluding hydrogens is 344 g/mol. The molecule has 1 spiro atoms. The number of hydrogen-bond acceptors (Lipinski definition) is 4. The lowest BCUT2D eigenvalue weighted by molar-refractivity contribution is -0.121. The maximum absolute atomic E-state index is 12.7. The summed E-state index contributed by atoms with van der Waals surface area (Å²) in [6, 6.07) is 13.4. The molecule has 6 heteroatoms. The molecule has 1 aromatic heterocycles. The third-order valence-corrected chi connectivity index (χ3v) is 5.67. The van der Waals surface area contributed by atoms with Crippen LogP contribution in [0.1, 0.15) is 47.1 Å². The Balaban J connectivity index is 1.40. The van der Waals surface area contributed by atoms with Crippen LogP contribution in [-0.2, 0) is 16.1 Å². The third kappa shape index (κ3) is 3.49. The van der Waals surface area contributed by atoms with E-state index in [-0.39, 0.29) is 23.3 Å². The summed E-state index contributed by atoms with van der Waals surface area (Å²) in [6.45, 7) is 1.57. The van der Waals surface area contributed by atoms with Crippen LogP contribution in [0.4, 0.5) is 0 Å². The van der Waals surface area contributed by atoms with Gasteiger partial charge in [0.15, 0.2) is 5.76 Å². The van der Waals surface area contributed by atoms with Crippen LogP contribution in [0.5, 0.6) is 0 Å². The first-order valence-electron chi connectivity index (χ1n) is 9.34. The largest absolute Gasteiger partial charge is 0.453 e. The number of amides is 2. The zero-order chi connectivity index (χ0) is 18.9. The maximum atomic E-state index is 12.7. The van der Waals surface area contributed by atoms with E-state index in [9.17, 15) is 9.59 Å². The van der Waals surface area contributed by atoms with Crippen molar-refractivity contribution in [2.75, 3.05) is 20.2 Å². The number of benzene rings is 1. The fourth-order valence-electron chi connectivity index (χ4n) is 4.17. The molecule has 1 unspecified atom stereocenters. The fraction of sp³-hybridized carbons (Fsp3) is 0.429. The second-order valence-corrected chi connectivity index (χ2v) is 7.43. The number of rotatable bonds is 4. The van der Waals surface area contributed by atoms with Gasteiger partial charge < -0.3 is 19.4 Å². The van der Waals surface area contributed by atoms with E-state index in [2.05, 4.69) is 5.32 Å². The van der Waals surface area contributed by atoms with Crippen molar-refractivity contribution < 1.29 is 18.7 Å². The first-order valence-corrected chi connectivity index (χ1v) is 9.34. The molecule has 27 heavy (non-hydrogen) atoms. The summed E-state index contributed by atoms with van der Waals surface area (Å²) >= 11 is 0. The number of hydrogen-bond donors (Lipinski definition) is 1. The lowest BCUT2D eigenvalue weighted by atomic mass is 9.82. The molecular formula is C21H24N2O4. The van der Waals surface area contributed by atoms with Gasteiger partial charge in [-0.15, -0.1) is 0 Å². The second kappa shape index (κ2) is 7.19. The van der Waals surface area contributed by atoms with E-state index in [0.717, 1.165) is 24.8 Å². The molecule has 2 aliphatic rings. The SMILES string of the molecule is COCc1ccc(C(=O)N2CCC3(CC2)CC(c2ccccc2)C(=O)N3)o1. The van der Waals surface area contributed by atoms with Crippen LogP contribution in [-0.4, -0.2) is 42.5 Å². The predicted molar refractivity (Wildman–Crippen MR) is 99.2 cm³/mol. The van der Waals surface area contributed by atoms with Crippen LogP contribution in [0.2, 0.25) is 0 Å². The molecule has 0 bridgehead atoms. The van der Waals surface area contributed by atoms with Crippen LogP contribution in [0.15, 0.2) is 46.9 Å². The van der Waals surface area contributed by atoms with E-state index in [1.54, 1.807) is 19.2 Å². The summed E-state index contributed by atoms with van der Waals surface area (Å²) in [7, 11) is 1.59. The predicted octanol–water partition coefficient (Wildman–Crippen LogP) is 2.70. The molecule has 4 rings (SSSR count). The van der Waals surface area contributed by atoms with Gasteiger partial charge in [0, 0.05) is 25.7 Å². The van der Waals surface area contributed by atoms with Crippen molar-refractivity contribution in [3.63, 3.8) is 0 Å². The number of likely N-dealkylation sites (tertiary alicyclic amines) is 1. The summed E-state index contributed by atoms with van der Waals surface area (Å²) in [4.78, 5) is 27.0. The molecule has 6 nitrogen and oxygen atoms in total. The lowest BCUT2D eigenvalue weighted by Gasteiger charge is -2.39. The summed E-state index contributed by atoms with van der Waals surface area (Å²) in [5, 5.41) is 3.22. The molecule has 142 valence electrons. The Morgan fingerprint density at radius 1 is 1.22 bits per heavy atom. The number of methoxy groups -OCH3 is 1. The summed E-state index contributed by atoms with van der Waals surface area (Å²) < 4.78 is 10.6. The zero-order valence-corrected chi connectivity index (χ0v) is 15.4. The monoisotopic (exact) mass is 368 g/mol. The summed E-state index contributed by atoms with van der Waals surface area (Å²) in [5.41, 5.74) is 0.852. The second-order valence-electron chi connectivity index (χ2n) is 7.43. The van der Waals surface area contributed by atoms with E-state index < -0.39 is 0 Å². The van der Waals surface area contributed by atoms with Crippen molar-refractivity contribution in [2.24, 2.45) is 0 Å². The van der Waals surface area contributed by atoms with Crippen molar-refractivity contribution in [3.8, 4) is 0 Å². The van der Waals surface area contributed by atoms with Crippen molar-refractivity contribution in [2.45, 2.75) is 37.3 Å². The van der Waals surface area contributed by atoms with E-state index in [1.165, 1.54) is 0 Å². The van der Waals surface area contributed by atoms with Gasteiger partial charge in [-0.2, -0.15) is 0 Å². The molecule has 2 fully saturated rings. The fourth-order valence-corrected chi connectivity index (χ4v) is 4.17. The highest BCUT2D eigenvalue weighted by Gasteiger charge is 2.46. The first kappa shape index (κ1) is 17.8. The number of ether oxygens (including phenoxy) is 1. The van der Waals surface area contributed by atoms with Crippen molar-refractivity contribution in [1.82, 2.24) is 10.2 Å². The normalized spacial score (nSPS) is 21.4. The smallest absolute Gasteiger partial charge is 0.289 e. The molecule has 0 radical (unpaired) electrons. The number of furan rings is 1. The Kier molecular flexibility index (Phi) is 4.74. The van der Waals surface area contributed by atoms with Gasteiger partial charge in [0.1, 0.15) is 12.4 Å². The van der Waals surface area contributed by atoms with Gasteiger partial charge in [-0.05, 0) is 37.0 Å². The molecule has 1 aromatic carbocycles. The van der Waals surface area contributed by atoms with Crippen LogP contribution in [0.25, 0.3) is 0 Å². The Bertz CT molecular complexity index is 822. The van der Waals surface area contributed by atoms with Gasteiger partial charge >= 0.3 is 0 Å². The topological polar surface area (TPSA) is 71.8 Å². The summed E-state index contributed by atoms with van der Waals surface area (Å²) in [6.07, 6.45) is 2.31. The van der Waals surface area contributed by atoms with Crippen LogP contribution in [0, 0.1) is 0 Å². The average molecular weight is 368 g/mol. The Labute approximate surface area is 158 Å². The van der Waals surface area contributed by atoms with Crippen molar-refractivity contribution in [3.05, 3.63) is 59.5 Å². The third-order valence-electron chi connectivity index (χ3n) is 5.67. The highest BCUT2D eigenvalue weighted by molar-refractivity contribution is 5.92. The minimum atomic E-state index is -0.210. The van der Waals surface area contributed by atoms with Gasteiger partial charge in [0.2, 0.25) is 5.91 Å². The summed E-state index contributed by atoms with van der Waals surface area (Å²) in [5.74, 6) is 0.876. The lowest BCUT2D eigenvalue weighted by Crippen LogP contribution is -2.52. The highest BCUT2D eigenvalue weighted by atomic mass is 16.5. The quantitative estimate of drug-likeness (QED) is 0.901. The molecule has 3 heterocycles. The average Bonchev–Trinajstić information content (AvgIpc) is 3.28. The standard InChI is InChI=1S/C21H24N2O4/c1-26-14-16-7-8-18(27-16)20(25)23-11-9-21(10-12-23)13-17(19(24)22-21)15-5-3-2-4-6-15/h2-8,17H,9-14H2,1H3,(H,22,24). The minimum absolute atomic E-state index is 0.0937. The van der Waals surface area contributed by atoms with Crippen LogP contribution >= 0.6 is 0 Å². The molecule has 2 amide bonds. The zero-order valence-electron chi connectivity index (χ0n) is 15.4. The number of carbonyl (C=O) groups is 2. The van der Waals surface area contributed by atoms with Crippen LogP contribution < -0.4 is 5.32 Å².